The number of aldehydes is 1. The molecule has 0 aromatic heterocycles. The maximum atomic E-state index is 14.5. The Morgan fingerprint density at radius 3 is 1.18 bits per heavy atom. The predicted molar refractivity (Wildman–Crippen MR) is 308 cm³/mol. The van der Waals surface area contributed by atoms with Crippen LogP contribution in [0.15, 0.2) is 103 Å². The van der Waals surface area contributed by atoms with Crippen LogP contribution in [0.2, 0.25) is 0 Å². The number of nitrogens with one attached hydrogen (secondary N) is 3. The molecule has 3 fully saturated rings. The zero-order chi connectivity index (χ0) is 60.1. The number of imide groups is 2. The highest BCUT2D eigenvalue weighted by Crippen LogP contribution is 2.32. The SMILES string of the molecule is CNC(=O)c1ccc(C[C@@H](CN)N(C)CC2CC2)cc1F.CNC(=O)c1ccc(C[C@@H](CN2C(=O)c3ccccc3C2=O)N(C)CC2CC2)cc1F.CNC(=O)c1ccc(C[C@H](N)CN2C(=O)c3ccccc3C2=O)cc1F.O=CC1CC1. The molecular formula is C63H74F3N9O8. The molecule has 2 heterocycles. The molecule has 5 aliphatic rings. The summed E-state index contributed by atoms with van der Waals surface area (Å²) in [6, 6.07) is 26.5. The van der Waals surface area contributed by atoms with Gasteiger partial charge in [-0.1, -0.05) is 42.5 Å². The quantitative estimate of drug-likeness (QED) is 0.0416. The van der Waals surface area contributed by atoms with E-state index in [2.05, 4.69) is 32.8 Å². The number of hydrogen-bond donors (Lipinski definition) is 5. The monoisotopic (exact) mass is 1140 g/mol. The molecule has 0 saturated heterocycles. The number of carbonyl (C=O) groups excluding carboxylic acids is 8. The van der Waals surface area contributed by atoms with Crippen molar-refractivity contribution in [2.45, 2.75) is 75.9 Å². The number of likely N-dealkylation sites (N-methyl/N-ethyl adjacent to an activating group) is 2. The van der Waals surface area contributed by atoms with Crippen molar-refractivity contribution in [1.82, 2.24) is 35.6 Å². The Kier molecular flexibility index (Phi) is 21.8. The largest absolute Gasteiger partial charge is 0.355 e. The first kappa shape index (κ1) is 62.7. The van der Waals surface area contributed by atoms with Crippen molar-refractivity contribution in [3.05, 3.63) is 176 Å². The van der Waals surface area contributed by atoms with Crippen LogP contribution in [0.5, 0.6) is 0 Å². The van der Waals surface area contributed by atoms with Gasteiger partial charge >= 0.3 is 0 Å². The van der Waals surface area contributed by atoms with E-state index in [4.69, 9.17) is 11.5 Å². The van der Waals surface area contributed by atoms with Gasteiger partial charge in [0.05, 0.1) is 38.9 Å². The highest BCUT2D eigenvalue weighted by Gasteiger charge is 2.39. The van der Waals surface area contributed by atoms with Gasteiger partial charge in [-0.2, -0.15) is 0 Å². The lowest BCUT2D eigenvalue weighted by molar-refractivity contribution is -0.108. The van der Waals surface area contributed by atoms with E-state index in [1.807, 2.05) is 7.05 Å². The molecule has 5 aromatic rings. The first-order chi connectivity index (χ1) is 39.8. The third-order valence-electron chi connectivity index (χ3n) is 15.3. The zero-order valence-corrected chi connectivity index (χ0v) is 47.6. The van der Waals surface area contributed by atoms with Gasteiger partial charge < -0.3 is 42.0 Å². The molecule has 0 radical (unpaired) electrons. The molecule has 5 aromatic carbocycles. The van der Waals surface area contributed by atoms with E-state index in [1.54, 1.807) is 66.7 Å². The van der Waals surface area contributed by atoms with Crippen molar-refractivity contribution >= 4 is 47.6 Å². The van der Waals surface area contributed by atoms with Crippen LogP contribution < -0.4 is 27.4 Å². The van der Waals surface area contributed by atoms with Gasteiger partial charge in [-0.05, 0) is 161 Å². The second-order valence-corrected chi connectivity index (χ2v) is 21.9. The molecule has 20 heteroatoms. The molecule has 3 saturated carbocycles. The molecule has 0 unspecified atom stereocenters. The Morgan fingerprint density at radius 1 is 0.542 bits per heavy atom. The third kappa shape index (κ3) is 16.6. The number of nitrogens with two attached hydrogens (primary N) is 2. The number of hydrogen-bond acceptors (Lipinski definition) is 12. The lowest BCUT2D eigenvalue weighted by Crippen LogP contribution is -2.46. The second kappa shape index (κ2) is 28.9. The number of nitrogens with zero attached hydrogens (tertiary/aromatic N) is 4. The van der Waals surface area contributed by atoms with E-state index in [0.717, 1.165) is 54.2 Å². The Labute approximate surface area is 482 Å². The average molecular weight is 1140 g/mol. The molecule has 0 spiro atoms. The van der Waals surface area contributed by atoms with Gasteiger partial charge in [0.15, 0.2) is 0 Å². The summed E-state index contributed by atoms with van der Waals surface area (Å²) in [7, 11) is 8.43. The number of rotatable bonds is 21. The van der Waals surface area contributed by atoms with Crippen molar-refractivity contribution in [1.29, 1.82) is 0 Å². The smallest absolute Gasteiger partial charge is 0.261 e. The summed E-state index contributed by atoms with van der Waals surface area (Å²) in [5.74, 6) is -2.53. The molecule has 0 bridgehead atoms. The molecule has 3 aliphatic carbocycles. The normalized spacial score (nSPS) is 16.1. The van der Waals surface area contributed by atoms with Gasteiger partial charge in [-0.3, -0.25) is 43.4 Å². The summed E-state index contributed by atoms with van der Waals surface area (Å²) >= 11 is 0. The van der Waals surface area contributed by atoms with Gasteiger partial charge in [-0.25, -0.2) is 13.2 Å². The van der Waals surface area contributed by atoms with Crippen molar-refractivity contribution in [3.8, 4) is 0 Å². The van der Waals surface area contributed by atoms with E-state index in [0.29, 0.717) is 59.0 Å². The molecule has 440 valence electrons. The van der Waals surface area contributed by atoms with Crippen LogP contribution in [0.25, 0.3) is 0 Å². The van der Waals surface area contributed by atoms with E-state index in [1.165, 1.54) is 88.1 Å². The summed E-state index contributed by atoms with van der Waals surface area (Å²) in [6.07, 6.45) is 9.70. The number of carbonyl (C=O) groups is 8. The van der Waals surface area contributed by atoms with Crippen LogP contribution >= 0.6 is 0 Å². The predicted octanol–water partition coefficient (Wildman–Crippen LogP) is 6.08. The minimum Gasteiger partial charge on any atom is -0.355 e. The fraction of sp³-hybridized carbons (Fsp3) is 0.397. The van der Waals surface area contributed by atoms with Crippen molar-refractivity contribution < 1.29 is 51.5 Å². The number of fused-ring (bicyclic) bond motifs is 2. The molecule has 7 N–H and O–H groups in total. The van der Waals surface area contributed by atoms with Gasteiger partial charge in [0, 0.05) is 77.9 Å². The second-order valence-electron chi connectivity index (χ2n) is 21.9. The Hall–Kier alpha value is -7.91. The number of halogens is 3. The molecule has 17 nitrogen and oxygen atoms in total. The maximum Gasteiger partial charge on any atom is 0.261 e. The van der Waals surface area contributed by atoms with Crippen LogP contribution in [-0.2, 0) is 24.1 Å². The van der Waals surface area contributed by atoms with E-state index in [9.17, 15) is 51.5 Å². The first-order valence-electron chi connectivity index (χ1n) is 28.0. The van der Waals surface area contributed by atoms with Crippen LogP contribution in [0, 0.1) is 35.2 Å². The Morgan fingerprint density at radius 2 is 0.880 bits per heavy atom. The van der Waals surface area contributed by atoms with Gasteiger partial charge in [0.1, 0.15) is 23.7 Å². The first-order valence-corrected chi connectivity index (χ1v) is 28.0. The molecule has 3 atom stereocenters. The summed E-state index contributed by atoms with van der Waals surface area (Å²) in [6.45, 7) is 2.73. The standard InChI is InChI=1S/C24H26FN3O3.C19H18FN3O3.C16H24FN3O.C4H6O/c1-26-22(29)20-10-9-16(12-21(20)25)11-17(27(2)13-15-7-8-15)14-28-23(30)18-5-3-4-6-19(18)24(28)31;1-22-17(24)15-7-6-11(9-16(15)20)8-12(21)10-23-18(25)13-4-2-3-5-14(13)19(23)26;1-19-16(21)14-6-5-12(8-15(14)17)7-13(9-18)20(2)10-11-3-4-11;5-3-4-1-2-4/h3-6,9-10,12,15,17H,7-8,11,13-14H2,1-2H3,(H,26,29);2-7,9,12H,8,10,21H2,1H3,(H,22,24);5-6,8,11,13H,3-4,7,9-10,18H2,1-2H3,(H,19,21);3-4H,1-2H2/t17-;12-;13-;/m000./s1. The molecular weight excluding hydrogens is 1070 g/mol. The van der Waals surface area contributed by atoms with E-state index < -0.39 is 41.2 Å². The fourth-order valence-electron chi connectivity index (χ4n) is 9.90. The fourth-order valence-corrected chi connectivity index (χ4v) is 9.90. The van der Waals surface area contributed by atoms with Gasteiger partial charge in [0.25, 0.3) is 41.4 Å². The molecule has 83 heavy (non-hydrogen) atoms. The zero-order valence-electron chi connectivity index (χ0n) is 47.6. The van der Waals surface area contributed by atoms with E-state index >= 15 is 0 Å². The van der Waals surface area contributed by atoms with Crippen molar-refractivity contribution in [2.24, 2.45) is 29.2 Å². The lowest BCUT2D eigenvalue weighted by atomic mass is 10.0. The van der Waals surface area contributed by atoms with Crippen LogP contribution in [0.1, 0.15) is 128 Å². The Balaban J connectivity index is 0.000000174. The van der Waals surface area contributed by atoms with Crippen LogP contribution in [0.4, 0.5) is 13.2 Å². The summed E-state index contributed by atoms with van der Waals surface area (Å²) in [5, 5.41) is 7.22. The van der Waals surface area contributed by atoms with E-state index in [-0.39, 0.29) is 71.9 Å². The molecule has 2 aliphatic heterocycles. The van der Waals surface area contributed by atoms with Crippen molar-refractivity contribution in [3.63, 3.8) is 0 Å². The molecule has 10 rings (SSSR count). The molecule has 7 amide bonds. The maximum absolute atomic E-state index is 14.5. The highest BCUT2D eigenvalue weighted by atomic mass is 19.1. The summed E-state index contributed by atoms with van der Waals surface area (Å²) in [4.78, 5) is 102. The van der Waals surface area contributed by atoms with Crippen molar-refractivity contribution in [2.75, 3.05) is 68.0 Å². The van der Waals surface area contributed by atoms with Gasteiger partial charge in [-0.15, -0.1) is 0 Å². The van der Waals surface area contributed by atoms with Gasteiger partial charge in [0.2, 0.25) is 0 Å². The number of benzene rings is 5. The van der Waals surface area contributed by atoms with Crippen LogP contribution in [0.3, 0.4) is 0 Å². The topological polar surface area (TPSA) is 238 Å². The minimum atomic E-state index is -0.644. The number of amides is 7. The minimum absolute atomic E-state index is 0.00511. The van der Waals surface area contributed by atoms with Crippen LogP contribution in [-0.4, -0.2) is 153 Å². The average Bonchev–Trinajstić information content (AvgIpc) is 4.26. The third-order valence-corrected chi connectivity index (χ3v) is 15.3. The summed E-state index contributed by atoms with van der Waals surface area (Å²) < 4.78 is 42.5. The Bertz CT molecular complexity index is 3130. The summed E-state index contributed by atoms with van der Waals surface area (Å²) in [5.41, 5.74) is 15.7. The highest BCUT2D eigenvalue weighted by molar-refractivity contribution is 6.22. The lowest BCUT2D eigenvalue weighted by Gasteiger charge is -2.31.